The molecule has 0 bridgehead atoms. The molecule has 8 nitrogen and oxygen atoms in total. The summed E-state index contributed by atoms with van der Waals surface area (Å²) >= 11 is 3.05. The summed E-state index contributed by atoms with van der Waals surface area (Å²) in [6.45, 7) is 9.54. The van der Waals surface area contributed by atoms with E-state index < -0.39 is 11.2 Å². The van der Waals surface area contributed by atoms with E-state index in [1.807, 2.05) is 24.6 Å². The van der Waals surface area contributed by atoms with E-state index in [-0.39, 0.29) is 23.8 Å². The highest BCUT2D eigenvalue weighted by Crippen LogP contribution is 2.43. The first-order valence-electron chi connectivity index (χ1n) is 13.1. The summed E-state index contributed by atoms with van der Waals surface area (Å²) < 4.78 is 11.5. The number of carbonyl (C=O) groups excluding carboxylic acids is 2. The Balaban J connectivity index is 1.24. The maximum absolute atomic E-state index is 12.3. The first-order valence-corrected chi connectivity index (χ1v) is 14.9. The summed E-state index contributed by atoms with van der Waals surface area (Å²) in [6, 6.07) is 0. The van der Waals surface area contributed by atoms with Crippen LogP contribution in [0.25, 0.3) is 0 Å². The van der Waals surface area contributed by atoms with E-state index >= 15 is 0 Å². The smallest absolute Gasteiger partial charge is 0.310 e. The molecular weight excluding hydrogens is 496 g/mol. The lowest BCUT2D eigenvalue weighted by molar-refractivity contribution is -0.151. The van der Waals surface area contributed by atoms with Gasteiger partial charge in [-0.25, -0.2) is 9.97 Å². The fourth-order valence-corrected chi connectivity index (χ4v) is 6.71. The fraction of sp³-hybridized carbons (Fsp3) is 0.692. The van der Waals surface area contributed by atoms with Gasteiger partial charge in [0.1, 0.15) is 0 Å². The summed E-state index contributed by atoms with van der Waals surface area (Å²) in [5.41, 5.74) is 0.348. The van der Waals surface area contributed by atoms with Crippen molar-refractivity contribution in [2.75, 3.05) is 23.7 Å². The van der Waals surface area contributed by atoms with Gasteiger partial charge in [-0.05, 0) is 26.7 Å². The number of hydrogen-bond donors (Lipinski definition) is 2. The molecule has 2 aliphatic heterocycles. The van der Waals surface area contributed by atoms with Gasteiger partial charge >= 0.3 is 11.9 Å². The Labute approximate surface area is 221 Å². The third-order valence-corrected chi connectivity index (χ3v) is 8.77. The zero-order chi connectivity index (χ0) is 25.8. The minimum atomic E-state index is -0.642. The number of aromatic nitrogens is 2. The monoisotopic (exact) mass is 534 g/mol. The largest absolute Gasteiger partial charge is 0.453 e. The van der Waals surface area contributed by atoms with Crippen molar-refractivity contribution in [3.63, 3.8) is 0 Å². The molecule has 2 aromatic heterocycles. The summed E-state index contributed by atoms with van der Waals surface area (Å²) in [6.07, 6.45) is 7.37. The van der Waals surface area contributed by atoms with Crippen molar-refractivity contribution in [1.82, 2.24) is 9.97 Å². The molecular formula is C26H38N4O4S2. The number of nitrogens with zero attached hydrogens (tertiary/aromatic N) is 2. The molecule has 0 unspecified atom stereocenters. The van der Waals surface area contributed by atoms with Crippen LogP contribution in [-0.2, 0) is 30.3 Å². The average molecular weight is 535 g/mol. The van der Waals surface area contributed by atoms with Gasteiger partial charge in [0.05, 0.1) is 23.2 Å². The zero-order valence-corrected chi connectivity index (χ0v) is 23.4. The van der Waals surface area contributed by atoms with Gasteiger partial charge in [-0.1, -0.05) is 39.5 Å². The molecule has 0 aliphatic carbocycles. The van der Waals surface area contributed by atoms with Gasteiger partial charge in [-0.3, -0.25) is 9.59 Å². The zero-order valence-electron chi connectivity index (χ0n) is 21.7. The van der Waals surface area contributed by atoms with Crippen molar-refractivity contribution in [3.05, 3.63) is 22.1 Å². The molecule has 4 atom stereocenters. The first-order chi connectivity index (χ1) is 17.3. The Hall–Kier alpha value is -2.20. The molecule has 0 aromatic carbocycles. The summed E-state index contributed by atoms with van der Waals surface area (Å²) in [5, 5.41) is 12.3. The number of rotatable bonds is 13. The van der Waals surface area contributed by atoms with Crippen LogP contribution < -0.4 is 10.6 Å². The second kappa shape index (κ2) is 11.5. The molecule has 36 heavy (non-hydrogen) atoms. The predicted molar refractivity (Wildman–Crippen MR) is 143 cm³/mol. The lowest BCUT2D eigenvalue weighted by Crippen LogP contribution is -2.22. The first kappa shape index (κ1) is 26.9. The molecule has 0 saturated carbocycles. The highest BCUT2D eigenvalue weighted by molar-refractivity contribution is 7.14. The molecule has 4 rings (SSSR count). The molecule has 0 amide bonds. The molecule has 10 heteroatoms. The quantitative estimate of drug-likeness (QED) is 0.236. The second-order valence-corrected chi connectivity index (χ2v) is 12.0. The normalized spacial score (nSPS) is 27.8. The number of nitrogens with one attached hydrogen (secondary N) is 2. The van der Waals surface area contributed by atoms with Crippen LogP contribution in [0.1, 0.15) is 90.4 Å². The van der Waals surface area contributed by atoms with E-state index in [0.717, 1.165) is 60.2 Å². The van der Waals surface area contributed by atoms with Crippen LogP contribution in [0.15, 0.2) is 10.8 Å². The van der Waals surface area contributed by atoms with Crippen LogP contribution in [-0.4, -0.2) is 35.0 Å². The Morgan fingerprint density at radius 2 is 1.25 bits per heavy atom. The number of hydrogen-bond acceptors (Lipinski definition) is 10. The number of esters is 2. The third-order valence-electron chi connectivity index (χ3n) is 7.17. The number of carbonyl (C=O) groups is 2. The fourth-order valence-electron chi connectivity index (χ4n) is 4.99. The topological polar surface area (TPSA) is 102 Å². The summed E-state index contributed by atoms with van der Waals surface area (Å²) in [5.74, 6) is -0.258. The van der Waals surface area contributed by atoms with Crippen LogP contribution >= 0.6 is 22.7 Å². The molecule has 2 fully saturated rings. The second-order valence-electron chi connectivity index (χ2n) is 10.3. The maximum Gasteiger partial charge on any atom is 0.310 e. The van der Waals surface area contributed by atoms with Crippen LogP contribution in [0.3, 0.4) is 0 Å². The lowest BCUT2D eigenvalue weighted by Gasteiger charge is -2.20. The minimum absolute atomic E-state index is 0.0299. The van der Waals surface area contributed by atoms with Gasteiger partial charge in [0.2, 0.25) is 0 Å². The number of ether oxygens (including phenoxy) is 2. The van der Waals surface area contributed by atoms with E-state index in [2.05, 4.69) is 24.5 Å². The standard InChI is InChI=1S/C26H38N4O4S2/c1-5-7-9-17-13-25(3,33-21(17)31)19-15-35-23(29-19)27-11-12-28-24-30-20(16-36-24)26(4)14-18(10-8-6-2)22(32)34-26/h15-18H,5-14H2,1-4H3,(H,27,29)(H,28,30)/t17-,18+,25-,26-/m0/s1. The van der Waals surface area contributed by atoms with E-state index in [0.29, 0.717) is 25.9 Å². The van der Waals surface area contributed by atoms with E-state index in [1.165, 1.54) is 22.7 Å². The number of cyclic esters (lactones) is 2. The Morgan fingerprint density at radius 3 is 1.64 bits per heavy atom. The molecule has 4 heterocycles. The van der Waals surface area contributed by atoms with E-state index in [1.54, 1.807) is 0 Å². The van der Waals surface area contributed by atoms with Crippen molar-refractivity contribution in [2.24, 2.45) is 11.8 Å². The van der Waals surface area contributed by atoms with Crippen LogP contribution in [0, 0.1) is 11.8 Å². The summed E-state index contributed by atoms with van der Waals surface area (Å²) in [7, 11) is 0. The summed E-state index contributed by atoms with van der Waals surface area (Å²) in [4.78, 5) is 34.0. The van der Waals surface area contributed by atoms with Gasteiger partial charge in [0.15, 0.2) is 21.5 Å². The Morgan fingerprint density at radius 1 is 0.833 bits per heavy atom. The van der Waals surface area contributed by atoms with Gasteiger partial charge in [0, 0.05) is 36.7 Å². The third kappa shape index (κ3) is 6.02. The van der Waals surface area contributed by atoms with Gasteiger partial charge < -0.3 is 20.1 Å². The SMILES string of the molecule is CCCC[C@@H]1C[C@@](C)(c2csc(NCCNc3nc([C@]4(C)C[C@H](CCCC)C(=O)O4)cs3)n2)OC1=O. The number of thiazole rings is 2. The van der Waals surface area contributed by atoms with Gasteiger partial charge in [0.25, 0.3) is 0 Å². The van der Waals surface area contributed by atoms with Crippen molar-refractivity contribution in [3.8, 4) is 0 Å². The van der Waals surface area contributed by atoms with Crippen LogP contribution in [0.5, 0.6) is 0 Å². The van der Waals surface area contributed by atoms with Gasteiger partial charge in [-0.2, -0.15) is 0 Å². The molecule has 2 N–H and O–H groups in total. The minimum Gasteiger partial charge on any atom is -0.453 e. The van der Waals surface area contributed by atoms with Crippen LogP contribution in [0.4, 0.5) is 10.3 Å². The van der Waals surface area contributed by atoms with Gasteiger partial charge in [-0.15, -0.1) is 22.7 Å². The number of unbranched alkanes of at least 4 members (excludes halogenated alkanes) is 2. The Kier molecular flexibility index (Phi) is 8.55. The Bertz CT molecular complexity index is 974. The van der Waals surface area contributed by atoms with Crippen molar-refractivity contribution in [2.45, 2.75) is 90.3 Å². The highest BCUT2D eigenvalue weighted by Gasteiger charge is 2.46. The van der Waals surface area contributed by atoms with Crippen molar-refractivity contribution < 1.29 is 19.1 Å². The van der Waals surface area contributed by atoms with Crippen molar-refractivity contribution >= 4 is 44.9 Å². The predicted octanol–water partition coefficient (Wildman–Crippen LogP) is 6.06. The van der Waals surface area contributed by atoms with E-state index in [9.17, 15) is 9.59 Å². The van der Waals surface area contributed by atoms with E-state index in [4.69, 9.17) is 19.4 Å². The molecule has 0 radical (unpaired) electrons. The average Bonchev–Trinajstić information content (AvgIpc) is 3.62. The molecule has 2 saturated heterocycles. The molecule has 0 spiro atoms. The number of anilines is 2. The van der Waals surface area contributed by atoms with Crippen molar-refractivity contribution in [1.29, 1.82) is 0 Å². The molecule has 198 valence electrons. The molecule has 2 aromatic rings. The molecule has 2 aliphatic rings. The highest BCUT2D eigenvalue weighted by atomic mass is 32.1. The maximum atomic E-state index is 12.3. The lowest BCUT2D eigenvalue weighted by atomic mass is 9.90. The van der Waals surface area contributed by atoms with Crippen LogP contribution in [0.2, 0.25) is 0 Å².